The lowest BCUT2D eigenvalue weighted by atomic mass is 9.77. The van der Waals surface area contributed by atoms with Gasteiger partial charge < -0.3 is 4.74 Å². The molecule has 0 radical (unpaired) electrons. The van der Waals surface area contributed by atoms with Crippen molar-refractivity contribution >= 4 is 0 Å². The van der Waals surface area contributed by atoms with E-state index in [0.29, 0.717) is 13.2 Å². The minimum atomic E-state index is 0.669. The van der Waals surface area contributed by atoms with Crippen molar-refractivity contribution in [3.05, 3.63) is 84.5 Å². The molecular weight excluding hydrogens is 352 g/mol. The number of hydrogen-bond acceptors (Lipinski definition) is 1. The molecule has 3 rings (SSSR count). The van der Waals surface area contributed by atoms with Crippen LogP contribution in [0.5, 0.6) is 0 Å². The Kier molecular flexibility index (Phi) is 8.77. The van der Waals surface area contributed by atoms with Crippen molar-refractivity contribution in [1.29, 1.82) is 0 Å². The molecule has 0 aliphatic heterocycles. The van der Waals surface area contributed by atoms with Crippen LogP contribution in [0, 0.1) is 5.92 Å². The summed E-state index contributed by atoms with van der Waals surface area (Å²) in [5.41, 5.74) is 5.32. The van der Waals surface area contributed by atoms with Crippen molar-refractivity contribution < 1.29 is 4.74 Å². The lowest BCUT2D eigenvalue weighted by Gasteiger charge is -2.28. The first kappa shape index (κ1) is 21.6. The topological polar surface area (TPSA) is 9.23 Å². The molecule has 2 aromatic rings. The first-order chi connectivity index (χ1) is 14.3. The van der Waals surface area contributed by atoms with Gasteiger partial charge in [0.05, 0.1) is 13.2 Å². The molecule has 0 spiro atoms. The fourth-order valence-corrected chi connectivity index (χ4v) is 4.36. The van der Waals surface area contributed by atoms with E-state index < -0.39 is 0 Å². The van der Waals surface area contributed by atoms with E-state index in [9.17, 15) is 0 Å². The summed E-state index contributed by atoms with van der Waals surface area (Å²) in [4.78, 5) is 0. The van der Waals surface area contributed by atoms with Gasteiger partial charge in [0.1, 0.15) is 0 Å². The molecule has 1 aliphatic carbocycles. The monoisotopic (exact) mass is 388 g/mol. The molecular formula is C28H36O. The molecule has 0 aromatic heterocycles. The molecule has 0 bridgehead atoms. The van der Waals surface area contributed by atoms with Gasteiger partial charge in [0, 0.05) is 0 Å². The predicted octanol–water partition coefficient (Wildman–Crippen LogP) is 8.08. The number of ether oxygens (including phenoxy) is 1. The maximum Gasteiger partial charge on any atom is 0.0721 e. The molecule has 1 nitrogen and oxygen atoms in total. The van der Waals surface area contributed by atoms with E-state index in [-0.39, 0.29) is 0 Å². The van der Waals surface area contributed by atoms with Crippen LogP contribution >= 0.6 is 0 Å². The summed E-state index contributed by atoms with van der Waals surface area (Å²) in [6.45, 7) is 7.35. The van der Waals surface area contributed by atoms with E-state index in [1.165, 1.54) is 60.8 Å². The van der Waals surface area contributed by atoms with Crippen LogP contribution in [0.3, 0.4) is 0 Å². The molecule has 0 atom stereocenters. The summed E-state index contributed by atoms with van der Waals surface area (Å²) in [5, 5.41) is 0. The maximum atomic E-state index is 5.69. The van der Waals surface area contributed by atoms with Crippen LogP contribution in [0.1, 0.15) is 68.9 Å². The maximum absolute atomic E-state index is 5.69. The van der Waals surface area contributed by atoms with Crippen LogP contribution < -0.4 is 0 Å². The predicted molar refractivity (Wildman–Crippen MR) is 125 cm³/mol. The Bertz CT molecular complexity index is 746. The average Bonchev–Trinajstić information content (AvgIpc) is 2.78. The Morgan fingerprint density at radius 3 is 2.17 bits per heavy atom. The molecule has 0 unspecified atom stereocenters. The number of hydrogen-bond donors (Lipinski definition) is 0. The highest BCUT2D eigenvalue weighted by Gasteiger charge is 2.21. The van der Waals surface area contributed by atoms with E-state index in [1.807, 2.05) is 0 Å². The van der Waals surface area contributed by atoms with E-state index >= 15 is 0 Å². The van der Waals surface area contributed by atoms with Gasteiger partial charge in [0.25, 0.3) is 0 Å². The summed E-state index contributed by atoms with van der Waals surface area (Å²) >= 11 is 0. The molecule has 29 heavy (non-hydrogen) atoms. The van der Waals surface area contributed by atoms with Gasteiger partial charge in [0.15, 0.2) is 0 Å². The van der Waals surface area contributed by atoms with E-state index in [4.69, 9.17) is 4.74 Å². The third kappa shape index (κ3) is 6.72. The van der Waals surface area contributed by atoms with Crippen LogP contribution in [0.15, 0.2) is 73.3 Å². The normalized spacial score (nSPS) is 19.5. The van der Waals surface area contributed by atoms with Crippen LogP contribution in [-0.2, 0) is 11.3 Å². The minimum absolute atomic E-state index is 0.669. The van der Waals surface area contributed by atoms with Crippen LogP contribution in [0.25, 0.3) is 11.1 Å². The zero-order valence-electron chi connectivity index (χ0n) is 18.0. The van der Waals surface area contributed by atoms with Crippen molar-refractivity contribution in [2.75, 3.05) is 6.61 Å². The zero-order chi connectivity index (χ0) is 20.3. The third-order valence-electron chi connectivity index (χ3n) is 6.18. The smallest absolute Gasteiger partial charge is 0.0721 e. The molecule has 1 fully saturated rings. The highest BCUT2D eigenvalue weighted by Crippen LogP contribution is 2.38. The first-order valence-electron chi connectivity index (χ1n) is 11.3. The second-order valence-electron chi connectivity index (χ2n) is 8.30. The number of benzene rings is 2. The van der Waals surface area contributed by atoms with Gasteiger partial charge in [0.2, 0.25) is 0 Å². The van der Waals surface area contributed by atoms with Gasteiger partial charge in [-0.3, -0.25) is 0 Å². The largest absolute Gasteiger partial charge is 0.373 e. The van der Waals surface area contributed by atoms with Gasteiger partial charge in [-0.15, -0.1) is 6.58 Å². The number of rotatable bonds is 10. The Morgan fingerprint density at radius 2 is 1.55 bits per heavy atom. The van der Waals surface area contributed by atoms with Crippen molar-refractivity contribution in [1.82, 2.24) is 0 Å². The van der Waals surface area contributed by atoms with E-state index in [2.05, 4.69) is 80.3 Å². The zero-order valence-corrected chi connectivity index (χ0v) is 18.0. The van der Waals surface area contributed by atoms with Gasteiger partial charge in [-0.2, -0.15) is 0 Å². The van der Waals surface area contributed by atoms with Gasteiger partial charge in [-0.25, -0.2) is 0 Å². The lowest BCUT2D eigenvalue weighted by molar-refractivity contribution is 0.148. The second kappa shape index (κ2) is 11.8. The van der Waals surface area contributed by atoms with Crippen LogP contribution in [0.2, 0.25) is 0 Å². The molecule has 0 saturated heterocycles. The Balaban J connectivity index is 1.51. The van der Waals surface area contributed by atoms with Crippen LogP contribution in [0.4, 0.5) is 0 Å². The standard InChI is InChI=1S/C28H36O/c1-3-5-7-21-29-22-24-11-15-26(16-12-24)28-19-17-27(18-20-28)25-13-9-23(10-14-25)8-6-4-2/h4-5,7,11-12,15-20,23,25H,2-3,6,8-10,13-14,21-22H2,1H3/b7-5+/t23-,25-. The summed E-state index contributed by atoms with van der Waals surface area (Å²) in [7, 11) is 0. The van der Waals surface area contributed by atoms with Crippen molar-refractivity contribution in [2.24, 2.45) is 5.92 Å². The third-order valence-corrected chi connectivity index (χ3v) is 6.18. The SMILES string of the molecule is C=CCC[C@H]1CC[C@H](c2ccc(-c3ccc(COC/C=C/CC)cc3)cc2)CC1. The van der Waals surface area contributed by atoms with Gasteiger partial charge >= 0.3 is 0 Å². The van der Waals surface area contributed by atoms with E-state index in [1.54, 1.807) is 0 Å². The molecule has 2 aromatic carbocycles. The van der Waals surface area contributed by atoms with Crippen molar-refractivity contribution in [3.63, 3.8) is 0 Å². The fourth-order valence-electron chi connectivity index (χ4n) is 4.36. The Morgan fingerprint density at radius 1 is 0.897 bits per heavy atom. The van der Waals surface area contributed by atoms with Crippen molar-refractivity contribution in [3.8, 4) is 11.1 Å². The Hall–Kier alpha value is -2.12. The average molecular weight is 389 g/mol. The Labute approximate surface area is 177 Å². The molecule has 1 aliphatic rings. The summed E-state index contributed by atoms with van der Waals surface area (Å²) in [6.07, 6.45) is 15.3. The fraction of sp³-hybridized carbons (Fsp3) is 0.429. The minimum Gasteiger partial charge on any atom is -0.373 e. The van der Waals surface area contributed by atoms with Crippen molar-refractivity contribution in [2.45, 2.75) is 64.4 Å². The highest BCUT2D eigenvalue weighted by molar-refractivity contribution is 5.64. The summed E-state index contributed by atoms with van der Waals surface area (Å²) in [5.74, 6) is 1.65. The second-order valence-corrected chi connectivity index (χ2v) is 8.30. The summed E-state index contributed by atoms with van der Waals surface area (Å²) < 4.78 is 5.69. The molecule has 0 heterocycles. The first-order valence-corrected chi connectivity index (χ1v) is 11.3. The van der Waals surface area contributed by atoms with Crippen LogP contribution in [-0.4, -0.2) is 6.61 Å². The summed E-state index contributed by atoms with van der Waals surface area (Å²) in [6, 6.07) is 18.1. The highest BCUT2D eigenvalue weighted by atomic mass is 16.5. The molecule has 1 saturated carbocycles. The lowest BCUT2D eigenvalue weighted by Crippen LogP contribution is -2.13. The van der Waals surface area contributed by atoms with E-state index in [0.717, 1.165) is 18.3 Å². The van der Waals surface area contributed by atoms with Gasteiger partial charge in [-0.05, 0) is 79.0 Å². The molecule has 0 N–H and O–H groups in total. The van der Waals surface area contributed by atoms with Gasteiger partial charge in [-0.1, -0.05) is 73.7 Å². The quantitative estimate of drug-likeness (QED) is 0.295. The molecule has 1 heteroatoms. The number of allylic oxidation sites excluding steroid dienone is 2. The molecule has 154 valence electrons. The molecule has 0 amide bonds.